The van der Waals surface area contributed by atoms with Crippen molar-refractivity contribution in [1.82, 2.24) is 9.88 Å². The number of carbonyl (C=O) groups is 1. The molecule has 0 atom stereocenters. The number of piperidine rings is 1. The van der Waals surface area contributed by atoms with Crippen LogP contribution in [-0.2, 0) is 4.79 Å². The first kappa shape index (κ1) is 17.2. The molecule has 1 aromatic heterocycles. The molecule has 1 saturated heterocycles. The van der Waals surface area contributed by atoms with Gasteiger partial charge in [-0.05, 0) is 50.0 Å². The zero-order valence-electron chi connectivity index (χ0n) is 14.9. The number of benzene rings is 1. The second-order valence-electron chi connectivity index (χ2n) is 7.23. The summed E-state index contributed by atoms with van der Waals surface area (Å²) < 4.78 is 1.28. The molecule has 4 rings (SSSR count). The van der Waals surface area contributed by atoms with Crippen LogP contribution in [0.3, 0.4) is 0 Å². The number of thioether (sulfide) groups is 1. The largest absolute Gasteiger partial charge is 0.348 e. The van der Waals surface area contributed by atoms with Gasteiger partial charge in [-0.3, -0.25) is 4.79 Å². The van der Waals surface area contributed by atoms with Crippen LogP contribution in [0.4, 0.5) is 5.13 Å². The van der Waals surface area contributed by atoms with E-state index in [9.17, 15) is 4.79 Å². The molecule has 25 heavy (non-hydrogen) atoms. The Morgan fingerprint density at radius 1 is 1.32 bits per heavy atom. The third-order valence-corrected chi connectivity index (χ3v) is 7.16. The molecule has 4 nitrogen and oxygen atoms in total. The number of nitrogens with zero attached hydrogens (tertiary/aromatic N) is 3. The summed E-state index contributed by atoms with van der Waals surface area (Å²) in [6.07, 6.45) is 6.59. The molecule has 0 radical (unpaired) electrons. The number of amides is 1. The molecule has 2 aliphatic rings. The van der Waals surface area contributed by atoms with Gasteiger partial charge >= 0.3 is 0 Å². The van der Waals surface area contributed by atoms with Gasteiger partial charge in [0.25, 0.3) is 0 Å². The van der Waals surface area contributed by atoms with Crippen LogP contribution in [0.15, 0.2) is 23.1 Å². The first-order valence-electron chi connectivity index (χ1n) is 9.09. The summed E-state index contributed by atoms with van der Waals surface area (Å²) in [5.41, 5.74) is 1.15. The molecule has 1 saturated carbocycles. The van der Waals surface area contributed by atoms with Crippen LogP contribution in [0.5, 0.6) is 0 Å². The fourth-order valence-electron chi connectivity index (χ4n) is 3.64. The number of thiazole rings is 1. The predicted molar refractivity (Wildman–Crippen MR) is 107 cm³/mol. The number of fused-ring (bicyclic) bond motifs is 1. The summed E-state index contributed by atoms with van der Waals surface area (Å²) in [5, 5.41) is 1.15. The van der Waals surface area contributed by atoms with Gasteiger partial charge < -0.3 is 9.80 Å². The molecule has 2 fully saturated rings. The molecule has 6 heteroatoms. The molecular formula is C19H25N3OS2. The maximum absolute atomic E-state index is 12.1. The van der Waals surface area contributed by atoms with Crippen molar-refractivity contribution in [2.24, 2.45) is 11.8 Å². The highest BCUT2D eigenvalue weighted by atomic mass is 32.2. The van der Waals surface area contributed by atoms with Crippen molar-refractivity contribution in [3.05, 3.63) is 18.2 Å². The van der Waals surface area contributed by atoms with Crippen molar-refractivity contribution in [2.45, 2.75) is 30.6 Å². The minimum Gasteiger partial charge on any atom is -0.348 e. The van der Waals surface area contributed by atoms with Gasteiger partial charge in [-0.25, -0.2) is 4.98 Å². The van der Waals surface area contributed by atoms with E-state index in [1.54, 1.807) is 23.1 Å². The second kappa shape index (κ2) is 7.16. The van der Waals surface area contributed by atoms with Crippen molar-refractivity contribution in [1.29, 1.82) is 0 Å². The Morgan fingerprint density at radius 3 is 2.76 bits per heavy atom. The van der Waals surface area contributed by atoms with Crippen molar-refractivity contribution >= 4 is 44.4 Å². The molecule has 0 spiro atoms. The van der Waals surface area contributed by atoms with E-state index in [4.69, 9.17) is 4.98 Å². The molecule has 2 heterocycles. The molecule has 1 aliphatic heterocycles. The minimum atomic E-state index is 0.332. The van der Waals surface area contributed by atoms with E-state index in [-0.39, 0.29) is 0 Å². The van der Waals surface area contributed by atoms with Crippen LogP contribution in [0.1, 0.15) is 25.7 Å². The summed E-state index contributed by atoms with van der Waals surface area (Å²) in [6, 6.07) is 6.44. The van der Waals surface area contributed by atoms with E-state index in [1.165, 1.54) is 9.60 Å². The number of anilines is 1. The number of hydrogen-bond acceptors (Lipinski definition) is 5. The van der Waals surface area contributed by atoms with Crippen LogP contribution < -0.4 is 4.90 Å². The molecule has 2 aromatic rings. The molecule has 1 aliphatic carbocycles. The SMILES string of the molecule is CSc1cccc2sc(N3CCC(CN(C)C(=O)C4CC4)CC3)nc12. The van der Waals surface area contributed by atoms with Crippen LogP contribution in [0, 0.1) is 11.8 Å². The van der Waals surface area contributed by atoms with Gasteiger partial charge in [-0.1, -0.05) is 17.4 Å². The molecule has 1 amide bonds. The number of para-hydroxylation sites is 1. The van der Waals surface area contributed by atoms with Crippen LogP contribution >= 0.6 is 23.1 Å². The predicted octanol–water partition coefficient (Wildman–Crippen LogP) is 4.10. The van der Waals surface area contributed by atoms with Crippen molar-refractivity contribution in [3.63, 3.8) is 0 Å². The third-order valence-electron chi connectivity index (χ3n) is 5.31. The van der Waals surface area contributed by atoms with Crippen molar-refractivity contribution in [3.8, 4) is 0 Å². The molecule has 134 valence electrons. The summed E-state index contributed by atoms with van der Waals surface area (Å²) in [6.45, 7) is 3.01. The standard InChI is InChI=1S/C19H25N3OS2/c1-21(18(23)14-6-7-14)12-13-8-10-22(11-9-13)19-20-17-15(24-2)4-3-5-16(17)25-19/h3-5,13-14H,6-12H2,1-2H3. The van der Waals surface area contributed by atoms with Crippen LogP contribution in [0.25, 0.3) is 10.2 Å². The van der Waals surface area contributed by atoms with E-state index in [2.05, 4.69) is 29.4 Å². The lowest BCUT2D eigenvalue weighted by Gasteiger charge is -2.33. The highest BCUT2D eigenvalue weighted by Gasteiger charge is 2.33. The zero-order valence-corrected chi connectivity index (χ0v) is 16.5. The molecule has 1 aromatic carbocycles. The van der Waals surface area contributed by atoms with Gasteiger partial charge in [0.15, 0.2) is 5.13 Å². The summed E-state index contributed by atoms with van der Waals surface area (Å²) in [4.78, 5) is 22.7. The Labute approximate surface area is 157 Å². The van der Waals surface area contributed by atoms with E-state index in [1.807, 2.05) is 11.9 Å². The monoisotopic (exact) mass is 375 g/mol. The van der Waals surface area contributed by atoms with Gasteiger partial charge in [0, 0.05) is 37.5 Å². The number of rotatable bonds is 5. The van der Waals surface area contributed by atoms with Crippen LogP contribution in [-0.4, -0.2) is 48.7 Å². The van der Waals surface area contributed by atoms with Gasteiger partial charge in [0.1, 0.15) is 0 Å². The Balaban J connectivity index is 1.37. The number of carbonyl (C=O) groups excluding carboxylic acids is 1. The van der Waals surface area contributed by atoms with Crippen molar-refractivity contribution < 1.29 is 4.79 Å². The first-order valence-corrected chi connectivity index (χ1v) is 11.1. The lowest BCUT2D eigenvalue weighted by atomic mass is 9.96. The van der Waals surface area contributed by atoms with E-state index in [0.717, 1.165) is 56.0 Å². The van der Waals surface area contributed by atoms with E-state index >= 15 is 0 Å². The third kappa shape index (κ3) is 3.65. The normalized spacial score (nSPS) is 18.7. The molecule has 0 bridgehead atoms. The van der Waals surface area contributed by atoms with Gasteiger partial charge in [-0.2, -0.15) is 0 Å². The van der Waals surface area contributed by atoms with Crippen LogP contribution in [0.2, 0.25) is 0 Å². The van der Waals surface area contributed by atoms with E-state index < -0.39 is 0 Å². The van der Waals surface area contributed by atoms with Gasteiger partial charge in [-0.15, -0.1) is 11.8 Å². The highest BCUT2D eigenvalue weighted by molar-refractivity contribution is 7.98. The molecular weight excluding hydrogens is 350 g/mol. The Kier molecular flexibility index (Phi) is 4.91. The van der Waals surface area contributed by atoms with Gasteiger partial charge in [0.2, 0.25) is 5.91 Å². The average molecular weight is 376 g/mol. The minimum absolute atomic E-state index is 0.332. The number of aromatic nitrogens is 1. The quantitative estimate of drug-likeness (QED) is 0.737. The number of hydrogen-bond donors (Lipinski definition) is 0. The maximum Gasteiger partial charge on any atom is 0.225 e. The second-order valence-corrected chi connectivity index (χ2v) is 9.08. The fraction of sp³-hybridized carbons (Fsp3) is 0.579. The summed E-state index contributed by atoms with van der Waals surface area (Å²) in [7, 11) is 1.98. The fourth-order valence-corrected chi connectivity index (χ4v) is 5.31. The summed E-state index contributed by atoms with van der Waals surface area (Å²) >= 11 is 3.57. The highest BCUT2D eigenvalue weighted by Crippen LogP contribution is 2.36. The first-order chi connectivity index (χ1) is 12.2. The average Bonchev–Trinajstić information content (AvgIpc) is 3.39. The molecule has 0 unspecified atom stereocenters. The Hall–Kier alpha value is -1.27. The van der Waals surface area contributed by atoms with Gasteiger partial charge in [0.05, 0.1) is 10.2 Å². The Morgan fingerprint density at radius 2 is 2.08 bits per heavy atom. The lowest BCUT2D eigenvalue weighted by molar-refractivity contribution is -0.131. The topological polar surface area (TPSA) is 36.4 Å². The molecule has 0 N–H and O–H groups in total. The van der Waals surface area contributed by atoms with E-state index in [0.29, 0.717) is 17.7 Å². The maximum atomic E-state index is 12.1. The zero-order chi connectivity index (χ0) is 17.4. The lowest BCUT2D eigenvalue weighted by Crippen LogP contribution is -2.39. The summed E-state index contributed by atoms with van der Waals surface area (Å²) in [5.74, 6) is 1.32. The van der Waals surface area contributed by atoms with Crippen molar-refractivity contribution in [2.75, 3.05) is 37.8 Å². The Bertz CT molecular complexity index is 763. The smallest absolute Gasteiger partial charge is 0.225 e.